The highest BCUT2D eigenvalue weighted by atomic mass is 35.5. The largest absolute Gasteiger partial charge is 0.460 e. The highest BCUT2D eigenvalue weighted by molar-refractivity contribution is 6.30. The molecule has 0 bridgehead atoms. The van der Waals surface area contributed by atoms with Crippen molar-refractivity contribution in [3.05, 3.63) is 107 Å². The van der Waals surface area contributed by atoms with Crippen molar-refractivity contribution in [2.24, 2.45) is 10.9 Å². The van der Waals surface area contributed by atoms with Gasteiger partial charge in [-0.3, -0.25) is 4.79 Å². The van der Waals surface area contributed by atoms with Crippen molar-refractivity contribution in [1.29, 1.82) is 0 Å². The highest BCUT2D eigenvalue weighted by Gasteiger charge is 2.39. The Balaban J connectivity index is 1.59. The van der Waals surface area contributed by atoms with Crippen LogP contribution in [0.3, 0.4) is 0 Å². The molecular weight excluding hydrogens is 424 g/mol. The maximum Gasteiger partial charge on any atom is 0.341 e. The van der Waals surface area contributed by atoms with E-state index in [1.165, 1.54) is 0 Å². The summed E-state index contributed by atoms with van der Waals surface area (Å²) < 4.78 is 5.66. The third-order valence-corrected chi connectivity index (χ3v) is 5.65. The molecule has 1 aliphatic heterocycles. The zero-order valence-electron chi connectivity index (χ0n) is 17.4. The van der Waals surface area contributed by atoms with E-state index < -0.39 is 24.0 Å². The van der Waals surface area contributed by atoms with Crippen LogP contribution >= 0.6 is 11.6 Å². The van der Waals surface area contributed by atoms with Crippen molar-refractivity contribution in [3.8, 4) is 0 Å². The maximum absolute atomic E-state index is 13.3. The van der Waals surface area contributed by atoms with E-state index in [2.05, 4.69) is 10.3 Å². The van der Waals surface area contributed by atoms with Crippen LogP contribution in [0.1, 0.15) is 29.2 Å². The number of carbonyl (C=O) groups is 2. The number of carbonyl (C=O) groups excluding carboxylic acids is 2. The van der Waals surface area contributed by atoms with Gasteiger partial charge in [0, 0.05) is 10.7 Å². The second kappa shape index (κ2) is 10.2. The summed E-state index contributed by atoms with van der Waals surface area (Å²) in [6.45, 7) is 0.160. The Morgan fingerprint density at radius 3 is 2.31 bits per heavy atom. The fourth-order valence-electron chi connectivity index (χ4n) is 3.84. The molecule has 3 aromatic rings. The molecule has 4 rings (SSSR count). The van der Waals surface area contributed by atoms with Crippen LogP contribution in [0.4, 0.5) is 4.79 Å². The Hall–Kier alpha value is -3.44. The van der Waals surface area contributed by atoms with Gasteiger partial charge >= 0.3 is 12.0 Å². The zero-order valence-corrected chi connectivity index (χ0v) is 18.2. The van der Waals surface area contributed by atoms with Crippen LogP contribution in [-0.2, 0) is 22.6 Å². The number of amides is 2. The van der Waals surface area contributed by atoms with E-state index >= 15 is 0 Å². The lowest BCUT2D eigenvalue weighted by molar-refractivity contribution is -0.148. The molecule has 6 heteroatoms. The maximum atomic E-state index is 13.3. The highest BCUT2D eigenvalue weighted by Crippen LogP contribution is 2.30. The molecule has 2 unspecified atom stereocenters. The van der Waals surface area contributed by atoms with Crippen LogP contribution < -0.4 is 5.32 Å². The second-order valence-corrected chi connectivity index (χ2v) is 8.08. The summed E-state index contributed by atoms with van der Waals surface area (Å²) >= 11 is 6.10. The number of nitrogens with one attached hydrogen (secondary N) is 1. The lowest BCUT2D eigenvalue weighted by Gasteiger charge is -2.31. The number of ether oxygens (including phenoxy) is 1. The summed E-state index contributed by atoms with van der Waals surface area (Å²) in [6.07, 6.45) is 1.05. The Kier molecular flexibility index (Phi) is 6.97. The molecule has 5 nitrogen and oxygen atoms in total. The van der Waals surface area contributed by atoms with E-state index in [4.69, 9.17) is 16.3 Å². The molecule has 3 aromatic carbocycles. The molecule has 1 N–H and O–H groups in total. The monoisotopic (exact) mass is 446 g/mol. The quantitative estimate of drug-likeness (QED) is 0.484. The topological polar surface area (TPSA) is 67.8 Å². The summed E-state index contributed by atoms with van der Waals surface area (Å²) in [5.74, 6) is -1.12. The van der Waals surface area contributed by atoms with Gasteiger partial charge in [0.25, 0.3) is 0 Å². The van der Waals surface area contributed by atoms with E-state index in [0.717, 1.165) is 16.7 Å². The van der Waals surface area contributed by atoms with Crippen LogP contribution in [0.25, 0.3) is 0 Å². The molecule has 2 atom stereocenters. The number of rotatable bonds is 7. The van der Waals surface area contributed by atoms with Crippen LogP contribution in [0, 0.1) is 5.92 Å². The number of aliphatic imine (C=N–C) groups is 1. The first-order valence-electron chi connectivity index (χ1n) is 10.5. The second-order valence-electron chi connectivity index (χ2n) is 7.64. The zero-order chi connectivity index (χ0) is 22.3. The van der Waals surface area contributed by atoms with Crippen molar-refractivity contribution in [1.82, 2.24) is 5.32 Å². The molecule has 162 valence electrons. The summed E-state index contributed by atoms with van der Waals surface area (Å²) in [6, 6.07) is 25.5. The van der Waals surface area contributed by atoms with E-state index in [9.17, 15) is 9.59 Å². The number of aryl methyl sites for hydroxylation is 1. The minimum Gasteiger partial charge on any atom is -0.460 e. The van der Waals surface area contributed by atoms with Crippen LogP contribution in [0.5, 0.6) is 0 Å². The first kappa shape index (κ1) is 21.8. The van der Waals surface area contributed by atoms with Crippen LogP contribution in [0.15, 0.2) is 89.9 Å². The summed E-state index contributed by atoms with van der Waals surface area (Å²) in [4.78, 5) is 29.8. The fraction of sp³-hybridized carbons (Fsp3) is 0.192. The summed E-state index contributed by atoms with van der Waals surface area (Å²) in [5, 5.41) is 3.50. The van der Waals surface area contributed by atoms with Gasteiger partial charge < -0.3 is 10.1 Å². The molecule has 2 amide bonds. The Labute approximate surface area is 192 Å². The standard InChI is InChI=1S/C26H23ClN2O3/c27-21-13-7-10-18(16-21)14-15-22-23(25(30)32-17-19-8-3-1-4-9-19)24(29-26(31)28-22)20-11-5-2-6-12-20/h1-13,16,23-24H,14-15,17H2,(H,29,31). The Bertz CT molecular complexity index is 1120. The van der Waals surface area contributed by atoms with Crippen molar-refractivity contribution >= 4 is 29.3 Å². The van der Waals surface area contributed by atoms with E-state index in [0.29, 0.717) is 23.6 Å². The minimum atomic E-state index is -0.710. The van der Waals surface area contributed by atoms with Gasteiger partial charge in [0.15, 0.2) is 0 Å². The van der Waals surface area contributed by atoms with Gasteiger partial charge in [-0.25, -0.2) is 9.79 Å². The van der Waals surface area contributed by atoms with Crippen molar-refractivity contribution < 1.29 is 14.3 Å². The molecule has 0 spiro atoms. The van der Waals surface area contributed by atoms with Gasteiger partial charge in [0.1, 0.15) is 12.5 Å². The molecule has 1 heterocycles. The van der Waals surface area contributed by atoms with Gasteiger partial charge in [-0.2, -0.15) is 0 Å². The average Bonchev–Trinajstić information content (AvgIpc) is 2.82. The number of hydrogen-bond donors (Lipinski definition) is 1. The van der Waals surface area contributed by atoms with E-state index in [1.54, 1.807) is 0 Å². The Morgan fingerprint density at radius 1 is 0.906 bits per heavy atom. The molecule has 0 aliphatic carbocycles. The minimum absolute atomic E-state index is 0.160. The molecule has 32 heavy (non-hydrogen) atoms. The first-order chi connectivity index (χ1) is 15.6. The Morgan fingerprint density at radius 2 is 1.59 bits per heavy atom. The normalized spacial score (nSPS) is 17.9. The third-order valence-electron chi connectivity index (χ3n) is 5.41. The molecule has 0 radical (unpaired) electrons. The summed E-state index contributed by atoms with van der Waals surface area (Å²) in [7, 11) is 0. The number of nitrogens with zero attached hydrogens (tertiary/aromatic N) is 1. The number of hydrogen-bond acceptors (Lipinski definition) is 3. The molecular formula is C26H23ClN2O3. The lowest BCUT2D eigenvalue weighted by atomic mass is 9.85. The van der Waals surface area contributed by atoms with E-state index in [-0.39, 0.29) is 6.61 Å². The SMILES string of the molecule is O=C1N=C(CCc2cccc(Cl)c2)C(C(=O)OCc2ccccc2)C(c2ccccc2)N1. The number of esters is 1. The smallest absolute Gasteiger partial charge is 0.341 e. The van der Waals surface area contributed by atoms with Gasteiger partial charge in [-0.15, -0.1) is 0 Å². The first-order valence-corrected chi connectivity index (χ1v) is 10.9. The van der Waals surface area contributed by atoms with Crippen molar-refractivity contribution in [2.75, 3.05) is 0 Å². The van der Waals surface area contributed by atoms with E-state index in [1.807, 2.05) is 84.9 Å². The lowest BCUT2D eigenvalue weighted by Crippen LogP contribution is -2.45. The molecule has 0 fully saturated rings. The van der Waals surface area contributed by atoms with Crippen LogP contribution in [0.2, 0.25) is 5.02 Å². The number of benzene rings is 3. The molecule has 0 saturated carbocycles. The molecule has 0 saturated heterocycles. The third kappa shape index (κ3) is 5.42. The molecule has 1 aliphatic rings. The van der Waals surface area contributed by atoms with Gasteiger partial charge in [-0.05, 0) is 41.7 Å². The predicted molar refractivity (Wildman–Crippen MR) is 125 cm³/mol. The van der Waals surface area contributed by atoms with Gasteiger partial charge in [-0.1, -0.05) is 84.4 Å². The van der Waals surface area contributed by atoms with Crippen LogP contribution in [-0.4, -0.2) is 17.7 Å². The average molecular weight is 447 g/mol. The fourth-order valence-corrected chi connectivity index (χ4v) is 4.06. The van der Waals surface area contributed by atoms with Gasteiger partial charge in [0.2, 0.25) is 0 Å². The molecule has 0 aromatic heterocycles. The number of urea groups is 1. The summed E-state index contributed by atoms with van der Waals surface area (Å²) in [5.41, 5.74) is 3.26. The van der Waals surface area contributed by atoms with Crippen molar-refractivity contribution in [2.45, 2.75) is 25.5 Å². The van der Waals surface area contributed by atoms with Gasteiger partial charge in [0.05, 0.1) is 6.04 Å². The predicted octanol–water partition coefficient (Wildman–Crippen LogP) is 5.54. The van der Waals surface area contributed by atoms with Crippen molar-refractivity contribution in [3.63, 3.8) is 0 Å². The number of halogens is 1.